The van der Waals surface area contributed by atoms with Gasteiger partial charge in [0.05, 0.1) is 7.11 Å². The zero-order chi connectivity index (χ0) is 16.3. The van der Waals surface area contributed by atoms with Gasteiger partial charge in [0.25, 0.3) is 0 Å². The Balaban J connectivity index is 2.15. The minimum absolute atomic E-state index is 0.0170. The summed E-state index contributed by atoms with van der Waals surface area (Å²) in [6, 6.07) is 2.38. The molecule has 1 aliphatic rings. The molecule has 1 amide bonds. The molecule has 1 heterocycles. The van der Waals surface area contributed by atoms with E-state index in [0.29, 0.717) is 37.9 Å². The van der Waals surface area contributed by atoms with Gasteiger partial charge in [-0.3, -0.25) is 4.79 Å². The zero-order valence-electron chi connectivity index (χ0n) is 12.7. The van der Waals surface area contributed by atoms with Crippen molar-refractivity contribution in [2.75, 3.05) is 20.2 Å². The smallest absolute Gasteiger partial charge is 0.343 e. The number of hydrogen-bond donors (Lipinski definition) is 0. The summed E-state index contributed by atoms with van der Waals surface area (Å²) in [4.78, 5) is 24.7. The number of rotatable bonds is 3. The van der Waals surface area contributed by atoms with E-state index in [1.165, 1.54) is 12.1 Å². The molecule has 1 saturated heterocycles. The molecule has 120 valence electrons. The highest BCUT2D eigenvalue weighted by Gasteiger charge is 2.26. The molecule has 1 aliphatic heterocycles. The minimum atomic E-state index is -1.02. The molecule has 0 aromatic heterocycles. The Labute approximate surface area is 128 Å². The lowest BCUT2D eigenvalue weighted by molar-refractivity contribution is -0.131. The largest absolute Gasteiger partial charge is 0.465 e. The molecule has 0 spiro atoms. The monoisotopic (exact) mass is 311 g/mol. The molecule has 4 nitrogen and oxygen atoms in total. The van der Waals surface area contributed by atoms with Crippen molar-refractivity contribution in [1.82, 2.24) is 4.90 Å². The van der Waals surface area contributed by atoms with Crippen LogP contribution in [0.4, 0.5) is 8.78 Å². The van der Waals surface area contributed by atoms with Gasteiger partial charge in [-0.05, 0) is 36.5 Å². The van der Waals surface area contributed by atoms with Gasteiger partial charge in [-0.25, -0.2) is 13.6 Å². The molecule has 2 rings (SSSR count). The summed E-state index contributed by atoms with van der Waals surface area (Å²) < 4.78 is 32.3. The van der Waals surface area contributed by atoms with Crippen molar-refractivity contribution in [2.24, 2.45) is 0 Å². The van der Waals surface area contributed by atoms with Crippen LogP contribution in [0.1, 0.15) is 48.0 Å². The Kier molecular flexibility index (Phi) is 5.11. The van der Waals surface area contributed by atoms with E-state index in [0.717, 1.165) is 7.11 Å². The van der Waals surface area contributed by atoms with Crippen molar-refractivity contribution in [3.8, 4) is 0 Å². The van der Waals surface area contributed by atoms with Gasteiger partial charge in [0, 0.05) is 19.5 Å². The van der Waals surface area contributed by atoms with E-state index in [1.807, 2.05) is 6.92 Å². The van der Waals surface area contributed by atoms with Crippen molar-refractivity contribution >= 4 is 11.9 Å². The van der Waals surface area contributed by atoms with Crippen LogP contribution in [0.5, 0.6) is 0 Å². The second-order valence-corrected chi connectivity index (χ2v) is 5.36. The summed E-state index contributed by atoms with van der Waals surface area (Å²) >= 11 is 0. The first-order chi connectivity index (χ1) is 10.5. The number of hydrogen-bond acceptors (Lipinski definition) is 3. The zero-order valence-corrected chi connectivity index (χ0v) is 12.7. The van der Waals surface area contributed by atoms with Crippen LogP contribution >= 0.6 is 0 Å². The number of carbonyl (C=O) groups excluding carboxylic acids is 2. The molecule has 0 atom stereocenters. The van der Waals surface area contributed by atoms with E-state index in [4.69, 9.17) is 0 Å². The highest BCUT2D eigenvalue weighted by Crippen LogP contribution is 2.30. The first kappa shape index (κ1) is 16.4. The number of piperidine rings is 1. The summed E-state index contributed by atoms with van der Waals surface area (Å²) in [5.74, 6) is -2.76. The number of esters is 1. The molecule has 0 aliphatic carbocycles. The SMILES string of the molecule is CCC(=O)N1CCC(c2cc(F)c(C(=O)OC)c(F)c2)CC1. The lowest BCUT2D eigenvalue weighted by Crippen LogP contribution is -2.37. The van der Waals surface area contributed by atoms with E-state index >= 15 is 0 Å². The fourth-order valence-corrected chi connectivity index (χ4v) is 2.81. The third-order valence-electron chi connectivity index (χ3n) is 4.08. The maximum Gasteiger partial charge on any atom is 0.343 e. The Morgan fingerprint density at radius 2 is 1.77 bits per heavy atom. The van der Waals surface area contributed by atoms with Crippen LogP contribution in [0.15, 0.2) is 12.1 Å². The van der Waals surface area contributed by atoms with Crippen molar-refractivity contribution in [1.29, 1.82) is 0 Å². The first-order valence-corrected chi connectivity index (χ1v) is 7.33. The Hall–Kier alpha value is -1.98. The second kappa shape index (κ2) is 6.85. The fraction of sp³-hybridized carbons (Fsp3) is 0.500. The van der Waals surface area contributed by atoms with Gasteiger partial charge in [-0.2, -0.15) is 0 Å². The van der Waals surface area contributed by atoms with Gasteiger partial charge in [0.2, 0.25) is 5.91 Å². The maximum atomic E-state index is 14.0. The number of amides is 1. The predicted molar refractivity (Wildman–Crippen MR) is 76.5 cm³/mol. The quantitative estimate of drug-likeness (QED) is 0.806. The molecule has 1 fully saturated rings. The molecule has 1 aromatic rings. The number of halogens is 2. The van der Waals surface area contributed by atoms with Gasteiger partial charge in [0.15, 0.2) is 0 Å². The van der Waals surface area contributed by atoms with Crippen LogP contribution < -0.4 is 0 Å². The second-order valence-electron chi connectivity index (χ2n) is 5.36. The number of ether oxygens (including phenoxy) is 1. The lowest BCUT2D eigenvalue weighted by Gasteiger charge is -2.32. The van der Waals surface area contributed by atoms with E-state index in [-0.39, 0.29) is 11.8 Å². The van der Waals surface area contributed by atoms with E-state index in [2.05, 4.69) is 4.74 Å². The normalized spacial score (nSPS) is 15.7. The van der Waals surface area contributed by atoms with Gasteiger partial charge in [-0.1, -0.05) is 6.92 Å². The molecular weight excluding hydrogens is 292 g/mol. The van der Waals surface area contributed by atoms with Crippen LogP contribution in [0.3, 0.4) is 0 Å². The van der Waals surface area contributed by atoms with Crippen LogP contribution in [0.2, 0.25) is 0 Å². The predicted octanol–water partition coefficient (Wildman–Crippen LogP) is 2.87. The molecule has 0 radical (unpaired) electrons. The summed E-state index contributed by atoms with van der Waals surface area (Å²) in [5.41, 5.74) is -0.143. The average molecular weight is 311 g/mol. The van der Waals surface area contributed by atoms with Crippen LogP contribution in [0.25, 0.3) is 0 Å². The molecule has 0 bridgehead atoms. The average Bonchev–Trinajstić information content (AvgIpc) is 2.53. The van der Waals surface area contributed by atoms with Crippen LogP contribution in [-0.2, 0) is 9.53 Å². The Bertz CT molecular complexity index is 558. The Morgan fingerprint density at radius 3 is 2.23 bits per heavy atom. The maximum absolute atomic E-state index is 14.0. The molecular formula is C16H19F2NO3. The lowest BCUT2D eigenvalue weighted by atomic mass is 9.88. The van der Waals surface area contributed by atoms with Crippen molar-refractivity contribution in [2.45, 2.75) is 32.1 Å². The van der Waals surface area contributed by atoms with E-state index < -0.39 is 23.2 Å². The molecule has 1 aromatic carbocycles. The topological polar surface area (TPSA) is 46.6 Å². The summed E-state index contributed by atoms with van der Waals surface area (Å²) in [5, 5.41) is 0. The molecule has 6 heteroatoms. The Morgan fingerprint density at radius 1 is 1.23 bits per heavy atom. The highest BCUT2D eigenvalue weighted by molar-refractivity contribution is 5.90. The molecule has 0 N–H and O–H groups in total. The van der Waals surface area contributed by atoms with E-state index in [1.54, 1.807) is 4.90 Å². The molecule has 0 unspecified atom stereocenters. The van der Waals surface area contributed by atoms with Crippen LogP contribution in [0, 0.1) is 11.6 Å². The fourth-order valence-electron chi connectivity index (χ4n) is 2.81. The summed E-state index contributed by atoms with van der Waals surface area (Å²) in [6.45, 7) is 2.98. The van der Waals surface area contributed by atoms with Gasteiger partial charge in [-0.15, -0.1) is 0 Å². The van der Waals surface area contributed by atoms with Crippen LogP contribution in [-0.4, -0.2) is 37.0 Å². The van der Waals surface area contributed by atoms with Gasteiger partial charge >= 0.3 is 5.97 Å². The van der Waals surface area contributed by atoms with Crippen molar-refractivity contribution in [3.05, 3.63) is 34.9 Å². The first-order valence-electron chi connectivity index (χ1n) is 7.33. The summed E-state index contributed by atoms with van der Waals surface area (Å²) in [7, 11) is 1.08. The highest BCUT2D eigenvalue weighted by atomic mass is 19.1. The summed E-state index contributed by atoms with van der Waals surface area (Å²) in [6.07, 6.45) is 1.77. The number of benzene rings is 1. The van der Waals surface area contributed by atoms with Gasteiger partial charge < -0.3 is 9.64 Å². The van der Waals surface area contributed by atoms with Crippen molar-refractivity contribution in [3.63, 3.8) is 0 Å². The number of methoxy groups -OCH3 is 1. The minimum Gasteiger partial charge on any atom is -0.465 e. The molecule has 0 saturated carbocycles. The number of carbonyl (C=O) groups is 2. The van der Waals surface area contributed by atoms with Crippen molar-refractivity contribution < 1.29 is 23.1 Å². The van der Waals surface area contributed by atoms with E-state index in [9.17, 15) is 18.4 Å². The number of nitrogens with zero attached hydrogens (tertiary/aromatic N) is 1. The molecule has 22 heavy (non-hydrogen) atoms. The third-order valence-corrected chi connectivity index (χ3v) is 4.08. The van der Waals surface area contributed by atoms with Gasteiger partial charge in [0.1, 0.15) is 17.2 Å². The number of likely N-dealkylation sites (tertiary alicyclic amines) is 1. The third kappa shape index (κ3) is 3.26. The standard InChI is InChI=1S/C16H19F2NO3/c1-3-14(20)19-6-4-10(5-7-19)11-8-12(17)15(13(18)9-11)16(21)22-2/h8-10H,3-7H2,1-2H3.